The zero-order valence-electron chi connectivity index (χ0n) is 16.8. The Labute approximate surface area is 179 Å². The van der Waals surface area contributed by atoms with Crippen LogP contribution in [0.15, 0.2) is 48.1 Å². The number of ether oxygens (including phenoxy) is 1. The molecule has 2 N–H and O–H groups in total. The first kappa shape index (κ1) is 20.3. The van der Waals surface area contributed by atoms with Crippen LogP contribution >= 0.6 is 11.3 Å². The van der Waals surface area contributed by atoms with Crippen LogP contribution < -0.4 is 10.6 Å². The lowest BCUT2D eigenvalue weighted by Crippen LogP contribution is -2.32. The minimum atomic E-state index is -0.312. The number of nitrogens with zero attached hydrogens (tertiary/aromatic N) is 2. The van der Waals surface area contributed by atoms with Gasteiger partial charge >= 0.3 is 0 Å². The van der Waals surface area contributed by atoms with E-state index in [-0.39, 0.29) is 18.4 Å². The van der Waals surface area contributed by atoms with Gasteiger partial charge in [-0.05, 0) is 30.5 Å². The highest BCUT2D eigenvalue weighted by atomic mass is 32.1. The van der Waals surface area contributed by atoms with Gasteiger partial charge in [0.15, 0.2) is 5.13 Å². The zero-order chi connectivity index (χ0) is 20.9. The fraction of sp³-hybridized carbons (Fsp3) is 0.318. The first-order valence-electron chi connectivity index (χ1n) is 9.92. The Morgan fingerprint density at radius 1 is 1.33 bits per heavy atom. The second kappa shape index (κ2) is 9.23. The number of benzene rings is 1. The molecular formula is C22H24N4O3S. The Balaban J connectivity index is 1.34. The molecule has 7 nitrogen and oxygen atoms in total. The molecule has 0 aliphatic carbocycles. The van der Waals surface area contributed by atoms with Crippen molar-refractivity contribution in [3.05, 3.63) is 59.2 Å². The van der Waals surface area contributed by atoms with Crippen molar-refractivity contribution < 1.29 is 14.3 Å². The Hall–Kier alpha value is -2.97. The summed E-state index contributed by atoms with van der Waals surface area (Å²) in [6.45, 7) is 1.49. The van der Waals surface area contributed by atoms with E-state index in [0.29, 0.717) is 16.6 Å². The number of hydrogen-bond acceptors (Lipinski definition) is 5. The first-order chi connectivity index (χ1) is 14.6. The lowest BCUT2D eigenvalue weighted by molar-refractivity contribution is -0.115. The molecule has 30 heavy (non-hydrogen) atoms. The molecule has 156 valence electrons. The Morgan fingerprint density at radius 2 is 2.23 bits per heavy atom. The van der Waals surface area contributed by atoms with Crippen molar-refractivity contribution >= 4 is 28.3 Å². The van der Waals surface area contributed by atoms with Gasteiger partial charge in [0.05, 0.1) is 24.4 Å². The van der Waals surface area contributed by atoms with Crippen molar-refractivity contribution in [3.63, 3.8) is 0 Å². The third-order valence-corrected chi connectivity index (χ3v) is 5.83. The smallest absolute Gasteiger partial charge is 0.253 e. The van der Waals surface area contributed by atoms with Crippen molar-refractivity contribution in [3.8, 4) is 11.3 Å². The molecule has 4 rings (SSSR count). The molecule has 1 aliphatic rings. The van der Waals surface area contributed by atoms with E-state index in [0.717, 1.165) is 37.3 Å². The van der Waals surface area contributed by atoms with Crippen molar-refractivity contribution in [1.29, 1.82) is 0 Å². The highest BCUT2D eigenvalue weighted by Gasteiger charge is 2.17. The van der Waals surface area contributed by atoms with Gasteiger partial charge in [0, 0.05) is 42.9 Å². The van der Waals surface area contributed by atoms with Crippen LogP contribution in [0, 0.1) is 0 Å². The molecule has 2 aromatic heterocycles. The average Bonchev–Trinajstić information content (AvgIpc) is 3.42. The van der Waals surface area contributed by atoms with Crippen LogP contribution in [0.1, 0.15) is 34.7 Å². The van der Waals surface area contributed by atoms with Crippen LogP contribution in [0.25, 0.3) is 11.3 Å². The molecule has 0 saturated carbocycles. The molecule has 1 fully saturated rings. The largest absolute Gasteiger partial charge is 0.381 e. The maximum Gasteiger partial charge on any atom is 0.253 e. The Morgan fingerprint density at radius 3 is 3.00 bits per heavy atom. The van der Waals surface area contributed by atoms with E-state index in [1.54, 1.807) is 23.0 Å². The van der Waals surface area contributed by atoms with Crippen molar-refractivity contribution in [2.75, 3.05) is 25.1 Å². The molecule has 1 aliphatic heterocycles. The number of aryl methyl sites for hydroxylation is 1. The normalized spacial score (nSPS) is 16.2. The van der Waals surface area contributed by atoms with Gasteiger partial charge in [0.25, 0.3) is 5.91 Å². The van der Waals surface area contributed by atoms with Crippen LogP contribution in [0.3, 0.4) is 0 Å². The van der Waals surface area contributed by atoms with Crippen molar-refractivity contribution in [2.24, 2.45) is 7.05 Å². The summed E-state index contributed by atoms with van der Waals surface area (Å²) in [5.41, 5.74) is 3.62. The van der Waals surface area contributed by atoms with E-state index in [1.165, 1.54) is 16.9 Å². The van der Waals surface area contributed by atoms with E-state index >= 15 is 0 Å². The standard InChI is InChI=1S/C22H24N4O3S/c1-26-8-7-17(12-26)21(28)23-11-20(27)25-22-24-19(14-30-22)16-5-2-4-15(10-16)18-6-3-9-29-13-18/h2,4-5,7-8,10,12,14,18H,3,6,9,11,13H2,1H3,(H,23,28)(H,24,25,27)/t18-/m0/s1. The third kappa shape index (κ3) is 4.95. The zero-order valence-corrected chi connectivity index (χ0v) is 17.6. The number of thiazole rings is 1. The van der Waals surface area contributed by atoms with E-state index < -0.39 is 0 Å². The summed E-state index contributed by atoms with van der Waals surface area (Å²) in [7, 11) is 1.84. The number of amides is 2. The van der Waals surface area contributed by atoms with Crippen LogP contribution in [-0.2, 0) is 16.6 Å². The average molecular weight is 425 g/mol. The number of carbonyl (C=O) groups is 2. The van der Waals surface area contributed by atoms with Crippen LogP contribution in [0.4, 0.5) is 5.13 Å². The molecule has 1 aromatic carbocycles. The maximum atomic E-state index is 12.2. The number of carbonyl (C=O) groups excluding carboxylic acids is 2. The summed E-state index contributed by atoms with van der Waals surface area (Å²) in [5.74, 6) is -0.174. The molecule has 1 atom stereocenters. The van der Waals surface area contributed by atoms with Gasteiger partial charge in [0.2, 0.25) is 5.91 Å². The highest BCUT2D eigenvalue weighted by molar-refractivity contribution is 7.14. The molecule has 1 saturated heterocycles. The van der Waals surface area contributed by atoms with E-state index in [9.17, 15) is 9.59 Å². The summed E-state index contributed by atoms with van der Waals surface area (Å²) in [4.78, 5) is 28.8. The van der Waals surface area contributed by atoms with E-state index in [4.69, 9.17) is 4.74 Å². The van der Waals surface area contributed by atoms with E-state index in [2.05, 4.69) is 27.8 Å². The number of anilines is 1. The van der Waals surface area contributed by atoms with Crippen LogP contribution in [0.2, 0.25) is 0 Å². The van der Waals surface area contributed by atoms with Crippen molar-refractivity contribution in [1.82, 2.24) is 14.9 Å². The number of hydrogen-bond donors (Lipinski definition) is 2. The minimum Gasteiger partial charge on any atom is -0.381 e. The molecule has 3 aromatic rings. The number of nitrogens with one attached hydrogen (secondary N) is 2. The van der Waals surface area contributed by atoms with Crippen molar-refractivity contribution in [2.45, 2.75) is 18.8 Å². The lowest BCUT2D eigenvalue weighted by Gasteiger charge is -2.22. The maximum absolute atomic E-state index is 12.2. The molecule has 0 radical (unpaired) electrons. The Bertz CT molecular complexity index is 1040. The molecule has 8 heteroatoms. The second-order valence-electron chi connectivity index (χ2n) is 7.37. The van der Waals surface area contributed by atoms with Gasteiger partial charge in [-0.3, -0.25) is 9.59 Å². The summed E-state index contributed by atoms with van der Waals surface area (Å²) in [6, 6.07) is 10.0. The summed E-state index contributed by atoms with van der Waals surface area (Å²) < 4.78 is 7.39. The molecule has 2 amide bonds. The lowest BCUT2D eigenvalue weighted by atomic mass is 9.92. The second-order valence-corrected chi connectivity index (χ2v) is 8.23. The van der Waals surface area contributed by atoms with Gasteiger partial charge in [-0.25, -0.2) is 4.98 Å². The molecule has 0 unspecified atom stereocenters. The number of rotatable bonds is 6. The first-order valence-corrected chi connectivity index (χ1v) is 10.8. The fourth-order valence-corrected chi connectivity index (χ4v) is 4.22. The third-order valence-electron chi connectivity index (χ3n) is 5.07. The summed E-state index contributed by atoms with van der Waals surface area (Å²) in [5, 5.41) is 7.80. The molecule has 3 heterocycles. The monoisotopic (exact) mass is 424 g/mol. The predicted molar refractivity (Wildman–Crippen MR) is 117 cm³/mol. The van der Waals surface area contributed by atoms with Crippen LogP contribution in [-0.4, -0.2) is 41.1 Å². The summed E-state index contributed by atoms with van der Waals surface area (Å²) in [6.07, 6.45) is 5.70. The molecule has 0 spiro atoms. The predicted octanol–water partition coefficient (Wildman–Crippen LogP) is 3.41. The van der Waals surface area contributed by atoms with Gasteiger partial charge in [-0.15, -0.1) is 11.3 Å². The number of aromatic nitrogens is 2. The topological polar surface area (TPSA) is 85.3 Å². The minimum absolute atomic E-state index is 0.111. The molecular weight excluding hydrogens is 400 g/mol. The Kier molecular flexibility index (Phi) is 6.25. The fourth-order valence-electron chi connectivity index (χ4n) is 3.48. The van der Waals surface area contributed by atoms with E-state index in [1.807, 2.05) is 24.6 Å². The SMILES string of the molecule is Cn1ccc(C(=O)NCC(=O)Nc2nc(-c3cccc([C@H]4CCCOC4)c3)cs2)c1. The van der Waals surface area contributed by atoms with Gasteiger partial charge < -0.3 is 19.9 Å². The quantitative estimate of drug-likeness (QED) is 0.635. The van der Waals surface area contributed by atoms with Crippen LogP contribution in [0.5, 0.6) is 0 Å². The van der Waals surface area contributed by atoms with Gasteiger partial charge in [0.1, 0.15) is 0 Å². The molecule has 0 bridgehead atoms. The highest BCUT2D eigenvalue weighted by Crippen LogP contribution is 2.30. The van der Waals surface area contributed by atoms with Gasteiger partial charge in [-0.2, -0.15) is 0 Å². The van der Waals surface area contributed by atoms with Gasteiger partial charge in [-0.1, -0.05) is 18.2 Å². The summed E-state index contributed by atoms with van der Waals surface area (Å²) >= 11 is 1.36.